The molecule has 22 heavy (non-hydrogen) atoms. The first-order chi connectivity index (χ1) is 10.4. The molecule has 0 aliphatic heterocycles. The SMILES string of the molecule is C[C@@](C#N)(NC(=O)COC(=O)c1ccc(Cl)cc1N)C1CC1. The van der Waals surface area contributed by atoms with Crippen molar-refractivity contribution in [1.29, 1.82) is 5.26 Å². The number of amides is 1. The van der Waals surface area contributed by atoms with Crippen molar-refractivity contribution in [3.63, 3.8) is 0 Å². The Hall–Kier alpha value is -2.26. The van der Waals surface area contributed by atoms with Gasteiger partial charge in [0.1, 0.15) is 5.54 Å². The average molecular weight is 322 g/mol. The number of nitrogens with one attached hydrogen (secondary N) is 1. The summed E-state index contributed by atoms with van der Waals surface area (Å²) in [6.45, 7) is 1.20. The van der Waals surface area contributed by atoms with Gasteiger partial charge in [0.05, 0.1) is 11.6 Å². The Kier molecular flexibility index (Phi) is 4.57. The first kappa shape index (κ1) is 16.1. The summed E-state index contributed by atoms with van der Waals surface area (Å²) in [6, 6.07) is 6.47. The van der Waals surface area contributed by atoms with Gasteiger partial charge in [-0.3, -0.25) is 4.79 Å². The molecule has 1 aromatic carbocycles. The van der Waals surface area contributed by atoms with Crippen molar-refractivity contribution in [1.82, 2.24) is 5.32 Å². The lowest BCUT2D eigenvalue weighted by molar-refractivity contribution is -0.125. The normalized spacial score (nSPS) is 16.2. The molecule has 1 aromatic rings. The van der Waals surface area contributed by atoms with E-state index in [1.165, 1.54) is 18.2 Å². The van der Waals surface area contributed by atoms with Crippen LogP contribution in [0.25, 0.3) is 0 Å². The van der Waals surface area contributed by atoms with Gasteiger partial charge in [-0.05, 0) is 43.9 Å². The van der Waals surface area contributed by atoms with Gasteiger partial charge in [-0.15, -0.1) is 0 Å². The van der Waals surface area contributed by atoms with E-state index in [0.717, 1.165) is 12.8 Å². The quantitative estimate of drug-likeness (QED) is 0.636. The van der Waals surface area contributed by atoms with Crippen molar-refractivity contribution in [3.05, 3.63) is 28.8 Å². The van der Waals surface area contributed by atoms with E-state index in [-0.39, 0.29) is 17.2 Å². The molecular formula is C15H16ClN3O3. The number of nitriles is 1. The Labute approximate surface area is 133 Å². The minimum Gasteiger partial charge on any atom is -0.452 e. The highest BCUT2D eigenvalue weighted by Gasteiger charge is 2.43. The van der Waals surface area contributed by atoms with Crippen LogP contribution in [0.4, 0.5) is 5.69 Å². The number of anilines is 1. The second-order valence-electron chi connectivity index (χ2n) is 5.44. The van der Waals surface area contributed by atoms with Gasteiger partial charge in [-0.25, -0.2) is 4.79 Å². The molecule has 3 N–H and O–H groups in total. The summed E-state index contributed by atoms with van der Waals surface area (Å²) in [6.07, 6.45) is 1.82. The van der Waals surface area contributed by atoms with Crippen LogP contribution in [0.2, 0.25) is 5.02 Å². The van der Waals surface area contributed by atoms with Crippen molar-refractivity contribution in [2.45, 2.75) is 25.3 Å². The van der Waals surface area contributed by atoms with Gasteiger partial charge in [0, 0.05) is 10.7 Å². The molecule has 0 heterocycles. The first-order valence-corrected chi connectivity index (χ1v) is 7.18. The molecule has 2 rings (SSSR count). The van der Waals surface area contributed by atoms with E-state index in [1.54, 1.807) is 6.92 Å². The molecule has 0 spiro atoms. The van der Waals surface area contributed by atoms with Crippen LogP contribution in [-0.4, -0.2) is 24.0 Å². The zero-order valence-corrected chi connectivity index (χ0v) is 12.8. The molecule has 116 valence electrons. The molecular weight excluding hydrogens is 306 g/mol. The highest BCUT2D eigenvalue weighted by atomic mass is 35.5. The van der Waals surface area contributed by atoms with Gasteiger partial charge >= 0.3 is 5.97 Å². The zero-order chi connectivity index (χ0) is 16.3. The Balaban J connectivity index is 1.91. The number of carbonyl (C=O) groups is 2. The van der Waals surface area contributed by atoms with E-state index < -0.39 is 24.0 Å². The topological polar surface area (TPSA) is 105 Å². The highest BCUT2D eigenvalue weighted by molar-refractivity contribution is 6.31. The lowest BCUT2D eigenvalue weighted by Crippen LogP contribution is -2.48. The fraction of sp³-hybridized carbons (Fsp3) is 0.400. The van der Waals surface area contributed by atoms with E-state index >= 15 is 0 Å². The predicted molar refractivity (Wildman–Crippen MR) is 81.0 cm³/mol. The number of hydrogen-bond donors (Lipinski definition) is 2. The van der Waals surface area contributed by atoms with E-state index in [2.05, 4.69) is 11.4 Å². The van der Waals surface area contributed by atoms with Crippen molar-refractivity contribution in [3.8, 4) is 6.07 Å². The van der Waals surface area contributed by atoms with Gasteiger partial charge in [0.15, 0.2) is 6.61 Å². The fourth-order valence-corrected chi connectivity index (χ4v) is 2.32. The molecule has 1 aliphatic rings. The van der Waals surface area contributed by atoms with Gasteiger partial charge < -0.3 is 15.8 Å². The molecule has 0 aromatic heterocycles. The van der Waals surface area contributed by atoms with Crippen LogP contribution in [0.1, 0.15) is 30.1 Å². The molecule has 1 amide bonds. The number of hydrogen-bond acceptors (Lipinski definition) is 5. The summed E-state index contributed by atoms with van der Waals surface area (Å²) < 4.78 is 4.92. The van der Waals surface area contributed by atoms with Gasteiger partial charge in [-0.2, -0.15) is 5.26 Å². The maximum atomic E-state index is 11.9. The largest absolute Gasteiger partial charge is 0.452 e. The number of esters is 1. The summed E-state index contributed by atoms with van der Waals surface area (Å²) in [4.78, 5) is 23.7. The summed E-state index contributed by atoms with van der Waals surface area (Å²) in [5.41, 5.74) is 5.08. The standard InChI is InChI=1S/C15H16ClN3O3/c1-15(8-17,9-2-3-9)19-13(20)7-22-14(21)11-5-4-10(16)6-12(11)18/h4-6,9H,2-3,7,18H2,1H3,(H,19,20)/t15-/m0/s1. The number of nitrogens with zero attached hydrogens (tertiary/aromatic N) is 1. The van der Waals surface area contributed by atoms with E-state index in [4.69, 9.17) is 27.3 Å². The number of carbonyl (C=O) groups excluding carboxylic acids is 2. The Morgan fingerprint density at radius 3 is 2.77 bits per heavy atom. The van der Waals surface area contributed by atoms with Crippen molar-refractivity contribution in [2.75, 3.05) is 12.3 Å². The Morgan fingerprint density at radius 1 is 1.55 bits per heavy atom. The van der Waals surface area contributed by atoms with Crippen molar-refractivity contribution >= 4 is 29.2 Å². The molecule has 6 nitrogen and oxygen atoms in total. The summed E-state index contributed by atoms with van der Waals surface area (Å²) in [5, 5.41) is 12.2. The number of benzene rings is 1. The van der Waals surface area contributed by atoms with Gasteiger partial charge in [-0.1, -0.05) is 11.6 Å². The second kappa shape index (κ2) is 6.24. The van der Waals surface area contributed by atoms with Crippen molar-refractivity contribution in [2.24, 2.45) is 5.92 Å². The van der Waals surface area contributed by atoms with Crippen LogP contribution in [0.3, 0.4) is 0 Å². The lowest BCUT2D eigenvalue weighted by Gasteiger charge is -2.22. The fourth-order valence-electron chi connectivity index (χ4n) is 2.14. The summed E-state index contributed by atoms with van der Waals surface area (Å²) in [7, 11) is 0. The van der Waals surface area contributed by atoms with Gasteiger partial charge in [0.2, 0.25) is 0 Å². The third-order valence-corrected chi connectivity index (χ3v) is 3.83. The minimum atomic E-state index is -0.914. The predicted octanol–water partition coefficient (Wildman–Crippen LogP) is 1.89. The minimum absolute atomic E-state index is 0.141. The van der Waals surface area contributed by atoms with Crippen LogP contribution in [0.15, 0.2) is 18.2 Å². The van der Waals surface area contributed by atoms with E-state index in [1.807, 2.05) is 0 Å². The molecule has 0 unspecified atom stereocenters. The molecule has 1 atom stereocenters. The van der Waals surface area contributed by atoms with Crippen molar-refractivity contribution < 1.29 is 14.3 Å². The second-order valence-corrected chi connectivity index (χ2v) is 5.88. The number of ether oxygens (including phenoxy) is 1. The molecule has 0 bridgehead atoms. The van der Waals surface area contributed by atoms with Crippen LogP contribution >= 0.6 is 11.6 Å². The number of halogens is 1. The number of rotatable bonds is 5. The Bertz CT molecular complexity index is 652. The molecule has 1 fully saturated rings. The third kappa shape index (κ3) is 3.68. The smallest absolute Gasteiger partial charge is 0.340 e. The zero-order valence-electron chi connectivity index (χ0n) is 12.1. The molecule has 0 radical (unpaired) electrons. The molecule has 1 aliphatic carbocycles. The lowest BCUT2D eigenvalue weighted by atomic mass is 9.98. The number of nitrogen functional groups attached to an aromatic ring is 1. The first-order valence-electron chi connectivity index (χ1n) is 6.80. The molecule has 7 heteroatoms. The molecule has 0 saturated heterocycles. The van der Waals surface area contributed by atoms with Crippen LogP contribution < -0.4 is 11.1 Å². The highest BCUT2D eigenvalue weighted by Crippen LogP contribution is 2.39. The summed E-state index contributed by atoms with van der Waals surface area (Å²) in [5.74, 6) is -1.07. The third-order valence-electron chi connectivity index (χ3n) is 3.59. The van der Waals surface area contributed by atoms with Crippen LogP contribution in [0, 0.1) is 17.2 Å². The van der Waals surface area contributed by atoms with Crippen LogP contribution in [0.5, 0.6) is 0 Å². The maximum absolute atomic E-state index is 11.9. The molecule has 1 saturated carbocycles. The number of nitrogens with two attached hydrogens (primary N) is 1. The monoisotopic (exact) mass is 321 g/mol. The van der Waals surface area contributed by atoms with Crippen LogP contribution in [-0.2, 0) is 9.53 Å². The van der Waals surface area contributed by atoms with Gasteiger partial charge in [0.25, 0.3) is 5.91 Å². The average Bonchev–Trinajstić information content (AvgIpc) is 3.29. The summed E-state index contributed by atoms with van der Waals surface area (Å²) >= 11 is 5.75. The van der Waals surface area contributed by atoms with E-state index in [9.17, 15) is 9.59 Å². The maximum Gasteiger partial charge on any atom is 0.340 e. The Morgan fingerprint density at radius 2 is 2.23 bits per heavy atom. The van der Waals surface area contributed by atoms with E-state index in [0.29, 0.717) is 5.02 Å².